The second-order valence-electron chi connectivity index (χ2n) is 10.4. The van der Waals surface area contributed by atoms with Crippen LogP contribution in [-0.2, 0) is 6.42 Å². The molecule has 3 aromatic rings. The van der Waals surface area contributed by atoms with Crippen LogP contribution in [0.3, 0.4) is 0 Å². The van der Waals surface area contributed by atoms with Crippen molar-refractivity contribution in [3.8, 4) is 0 Å². The van der Waals surface area contributed by atoms with Crippen LogP contribution in [0.2, 0.25) is 0 Å². The van der Waals surface area contributed by atoms with E-state index < -0.39 is 0 Å². The maximum atomic E-state index is 4.58. The molecule has 38 heavy (non-hydrogen) atoms. The van der Waals surface area contributed by atoms with Crippen LogP contribution in [0, 0.1) is 6.92 Å². The number of hydrogen-bond donors (Lipinski definition) is 2. The molecular formula is C31H41N7. The van der Waals surface area contributed by atoms with Gasteiger partial charge in [-0.15, -0.1) is 0 Å². The molecule has 0 aliphatic carbocycles. The Kier molecular flexibility index (Phi) is 9.13. The summed E-state index contributed by atoms with van der Waals surface area (Å²) in [7, 11) is 4.21. The van der Waals surface area contributed by atoms with Gasteiger partial charge in [-0.05, 0) is 102 Å². The highest BCUT2D eigenvalue weighted by Crippen LogP contribution is 2.28. The van der Waals surface area contributed by atoms with Crippen LogP contribution >= 0.6 is 0 Å². The van der Waals surface area contributed by atoms with Crippen molar-refractivity contribution >= 4 is 35.4 Å². The highest BCUT2D eigenvalue weighted by Gasteiger charge is 2.16. The van der Waals surface area contributed by atoms with Crippen molar-refractivity contribution in [3.05, 3.63) is 76.3 Å². The molecule has 0 unspecified atom stereocenters. The van der Waals surface area contributed by atoms with Crippen molar-refractivity contribution in [1.29, 1.82) is 0 Å². The van der Waals surface area contributed by atoms with Crippen LogP contribution in [0.5, 0.6) is 0 Å². The van der Waals surface area contributed by atoms with E-state index in [0.717, 1.165) is 65.6 Å². The zero-order chi connectivity index (χ0) is 27.1. The lowest BCUT2D eigenvalue weighted by Gasteiger charge is -2.30. The number of nitrogens with zero attached hydrogens (tertiary/aromatic N) is 5. The SMILES string of the molecule is C=C(Nc1nccc(N2CCCCC2)c1C)c1n[nH]/c(=C/C=C(\C)c2cncc(CCCN(C)C)c2)c1=C. The van der Waals surface area contributed by atoms with E-state index in [1.807, 2.05) is 24.7 Å². The lowest BCUT2D eigenvalue weighted by molar-refractivity contribution is 0.400. The van der Waals surface area contributed by atoms with E-state index >= 15 is 0 Å². The van der Waals surface area contributed by atoms with E-state index in [4.69, 9.17) is 0 Å². The van der Waals surface area contributed by atoms with Gasteiger partial charge in [-0.2, -0.15) is 5.10 Å². The first-order chi connectivity index (χ1) is 18.3. The number of allylic oxidation sites excluding steroid dienone is 2. The third-order valence-corrected chi connectivity index (χ3v) is 7.15. The molecule has 0 bridgehead atoms. The molecule has 0 spiro atoms. The van der Waals surface area contributed by atoms with Crippen molar-refractivity contribution in [2.24, 2.45) is 0 Å². The standard InChI is InChI=1S/C31H41N7/c1-22(27-19-26(20-32-21-27)11-10-16-37(5)6)12-13-28-23(2)30(36-35-28)25(4)34-31-24(3)29(14-15-33-31)38-17-8-7-9-18-38/h12-15,19-21,35H,2,4,7-11,16-18H2,1,3,5-6H3,(H,33,34)/b22-12+,28-13+. The number of hydrogen-bond acceptors (Lipinski definition) is 6. The average molecular weight is 512 g/mol. The van der Waals surface area contributed by atoms with Crippen molar-refractivity contribution in [3.63, 3.8) is 0 Å². The summed E-state index contributed by atoms with van der Waals surface area (Å²) in [5.74, 6) is 0.805. The van der Waals surface area contributed by atoms with Crippen LogP contribution < -0.4 is 20.8 Å². The summed E-state index contributed by atoms with van der Waals surface area (Å²) in [6, 6.07) is 4.33. The van der Waals surface area contributed by atoms with E-state index in [1.165, 1.54) is 30.5 Å². The zero-order valence-electron chi connectivity index (χ0n) is 23.3. The number of aromatic nitrogens is 4. The third-order valence-electron chi connectivity index (χ3n) is 7.15. The van der Waals surface area contributed by atoms with Gasteiger partial charge in [0.05, 0.1) is 11.0 Å². The van der Waals surface area contributed by atoms with Gasteiger partial charge in [-0.3, -0.25) is 10.1 Å². The second kappa shape index (κ2) is 12.7. The predicted molar refractivity (Wildman–Crippen MR) is 160 cm³/mol. The molecule has 4 rings (SSSR count). The minimum atomic E-state index is 0.674. The molecule has 1 fully saturated rings. The van der Waals surface area contributed by atoms with Crippen molar-refractivity contribution in [1.82, 2.24) is 25.1 Å². The smallest absolute Gasteiger partial charge is 0.135 e. The molecule has 4 heterocycles. The van der Waals surface area contributed by atoms with Gasteiger partial charge in [0.25, 0.3) is 0 Å². The normalized spacial score (nSPS) is 14.8. The number of aromatic amines is 1. The first kappa shape index (κ1) is 27.3. The van der Waals surface area contributed by atoms with Crippen LogP contribution in [0.25, 0.3) is 23.9 Å². The first-order valence-corrected chi connectivity index (χ1v) is 13.5. The topological polar surface area (TPSA) is 73.0 Å². The molecule has 1 aliphatic heterocycles. The summed E-state index contributed by atoms with van der Waals surface area (Å²) < 4.78 is 0. The Balaban J connectivity index is 1.47. The summed E-state index contributed by atoms with van der Waals surface area (Å²) in [6.45, 7) is 16.0. The maximum absolute atomic E-state index is 4.58. The van der Waals surface area contributed by atoms with Crippen molar-refractivity contribution < 1.29 is 0 Å². The maximum Gasteiger partial charge on any atom is 0.135 e. The van der Waals surface area contributed by atoms with Gasteiger partial charge < -0.3 is 15.1 Å². The Morgan fingerprint density at radius 3 is 2.76 bits per heavy atom. The van der Waals surface area contributed by atoms with Gasteiger partial charge in [0.1, 0.15) is 11.5 Å². The number of pyridine rings is 2. The van der Waals surface area contributed by atoms with E-state index in [9.17, 15) is 0 Å². The molecular weight excluding hydrogens is 470 g/mol. The van der Waals surface area contributed by atoms with Gasteiger partial charge in [0.2, 0.25) is 0 Å². The molecule has 0 aromatic carbocycles. The minimum absolute atomic E-state index is 0.674. The predicted octanol–water partition coefficient (Wildman–Crippen LogP) is 4.37. The largest absolute Gasteiger partial charge is 0.371 e. The fraction of sp³-hybridized carbons (Fsp3) is 0.387. The molecule has 1 saturated heterocycles. The van der Waals surface area contributed by atoms with E-state index in [2.05, 4.69) is 94.6 Å². The molecule has 2 N–H and O–H groups in total. The number of aryl methyl sites for hydroxylation is 1. The molecule has 0 amide bonds. The van der Waals surface area contributed by atoms with Gasteiger partial charge in [-0.1, -0.05) is 19.2 Å². The summed E-state index contributed by atoms with van der Waals surface area (Å²) in [5.41, 5.74) is 7.25. The third kappa shape index (κ3) is 6.78. The quantitative estimate of drug-likeness (QED) is 0.421. The van der Waals surface area contributed by atoms with Gasteiger partial charge in [0.15, 0.2) is 0 Å². The molecule has 1 aliphatic rings. The first-order valence-electron chi connectivity index (χ1n) is 13.5. The average Bonchev–Trinajstić information content (AvgIpc) is 3.29. The Morgan fingerprint density at radius 2 is 2.00 bits per heavy atom. The Morgan fingerprint density at radius 1 is 1.21 bits per heavy atom. The summed E-state index contributed by atoms with van der Waals surface area (Å²) in [4.78, 5) is 13.7. The number of anilines is 2. The number of H-pyrrole nitrogens is 1. The molecule has 200 valence electrons. The van der Waals surface area contributed by atoms with E-state index in [0.29, 0.717) is 11.4 Å². The Hall–Kier alpha value is -3.71. The molecule has 7 nitrogen and oxygen atoms in total. The van der Waals surface area contributed by atoms with Crippen molar-refractivity contribution in [2.45, 2.75) is 46.0 Å². The number of piperidine rings is 1. The van der Waals surface area contributed by atoms with Gasteiger partial charge in [0, 0.05) is 48.1 Å². The fourth-order valence-electron chi connectivity index (χ4n) is 4.84. The van der Waals surface area contributed by atoms with Crippen LogP contribution in [0.1, 0.15) is 55.0 Å². The van der Waals surface area contributed by atoms with E-state index in [-0.39, 0.29) is 0 Å². The molecule has 0 radical (unpaired) electrons. The zero-order valence-corrected chi connectivity index (χ0v) is 23.3. The van der Waals surface area contributed by atoms with Crippen molar-refractivity contribution in [2.75, 3.05) is 43.9 Å². The molecule has 3 aromatic heterocycles. The summed E-state index contributed by atoms with van der Waals surface area (Å²) >= 11 is 0. The summed E-state index contributed by atoms with van der Waals surface area (Å²) in [5, 5.41) is 12.6. The molecule has 0 saturated carbocycles. The van der Waals surface area contributed by atoms with Crippen LogP contribution in [0.15, 0.2) is 43.4 Å². The monoisotopic (exact) mass is 511 g/mol. The number of rotatable bonds is 10. The Labute approximate surface area is 226 Å². The Bertz CT molecular complexity index is 1390. The molecule has 7 heteroatoms. The second-order valence-corrected chi connectivity index (χ2v) is 10.4. The van der Waals surface area contributed by atoms with Gasteiger partial charge >= 0.3 is 0 Å². The van der Waals surface area contributed by atoms with Crippen LogP contribution in [-0.4, -0.2) is 58.8 Å². The molecule has 0 atom stereocenters. The fourth-order valence-corrected chi connectivity index (χ4v) is 4.84. The minimum Gasteiger partial charge on any atom is -0.371 e. The summed E-state index contributed by atoms with van der Waals surface area (Å²) in [6.07, 6.45) is 15.8. The number of nitrogens with one attached hydrogen (secondary N) is 2. The highest BCUT2D eigenvalue weighted by molar-refractivity contribution is 5.76. The lowest BCUT2D eigenvalue weighted by Crippen LogP contribution is -2.30. The van der Waals surface area contributed by atoms with Crippen LogP contribution in [0.4, 0.5) is 11.5 Å². The lowest BCUT2D eigenvalue weighted by atomic mass is 10.0. The van der Waals surface area contributed by atoms with Gasteiger partial charge in [-0.25, -0.2) is 4.98 Å². The van der Waals surface area contributed by atoms with E-state index in [1.54, 1.807) is 0 Å². The highest BCUT2D eigenvalue weighted by atomic mass is 15.2.